The molecule has 1 aromatic rings. The third kappa shape index (κ3) is 2.83. The van der Waals surface area contributed by atoms with E-state index in [9.17, 15) is 0 Å². The quantitative estimate of drug-likeness (QED) is 0.700. The molecule has 0 unspecified atom stereocenters. The van der Waals surface area contributed by atoms with Crippen molar-refractivity contribution in [1.29, 1.82) is 0 Å². The van der Waals surface area contributed by atoms with Crippen LogP contribution in [-0.2, 0) is 4.55 Å². The highest BCUT2D eigenvalue weighted by Gasteiger charge is 2.07. The SMILES string of the molecule is [Cl][Mg][CH2]c1c(Cl)cc(Cl)cc1Cl. The molecule has 0 atom stereocenters. The van der Waals surface area contributed by atoms with E-state index >= 15 is 0 Å². The molecular weight excluding hydrogens is 250 g/mol. The molecule has 0 radical (unpaired) electrons. The van der Waals surface area contributed by atoms with Gasteiger partial charge in [-0.3, -0.25) is 0 Å². The Morgan fingerprint density at radius 2 is 1.58 bits per heavy atom. The predicted molar refractivity (Wildman–Crippen MR) is 56.8 cm³/mol. The smallest absolute Gasteiger partial charge is 0.345 e. The molecule has 1 rings (SSSR count). The Morgan fingerprint density at radius 3 is 2.00 bits per heavy atom. The first kappa shape index (κ1) is 11.2. The van der Waals surface area contributed by atoms with Crippen molar-refractivity contribution in [3.8, 4) is 0 Å². The molecule has 0 saturated carbocycles. The minimum absolute atomic E-state index is 0.560. The Balaban J connectivity index is 3.10. The Hall–Kier alpha value is 1.15. The van der Waals surface area contributed by atoms with Crippen molar-refractivity contribution in [2.75, 3.05) is 0 Å². The summed E-state index contributed by atoms with van der Waals surface area (Å²) in [7, 11) is 5.71. The van der Waals surface area contributed by atoms with Crippen molar-refractivity contribution in [2.45, 2.75) is 4.55 Å². The van der Waals surface area contributed by atoms with Crippen LogP contribution >= 0.6 is 43.9 Å². The summed E-state index contributed by atoms with van der Waals surface area (Å²) in [6, 6.07) is 3.37. The van der Waals surface area contributed by atoms with E-state index < -0.39 is 19.3 Å². The molecule has 62 valence electrons. The zero-order valence-corrected chi connectivity index (χ0v) is 10.5. The van der Waals surface area contributed by atoms with Crippen molar-refractivity contribution in [1.82, 2.24) is 0 Å². The lowest BCUT2D eigenvalue weighted by Gasteiger charge is -2.04. The van der Waals surface area contributed by atoms with Crippen LogP contribution in [0.1, 0.15) is 5.56 Å². The Bertz CT molecular complexity index is 264. The Kier molecular flexibility index (Phi) is 4.80. The van der Waals surface area contributed by atoms with Crippen LogP contribution in [0.3, 0.4) is 0 Å². The van der Waals surface area contributed by atoms with Crippen LogP contribution in [0.15, 0.2) is 12.1 Å². The van der Waals surface area contributed by atoms with E-state index in [-0.39, 0.29) is 0 Å². The van der Waals surface area contributed by atoms with Gasteiger partial charge in [0.2, 0.25) is 0 Å². The molecule has 0 N–H and O–H groups in total. The lowest BCUT2D eigenvalue weighted by atomic mass is 10.2. The van der Waals surface area contributed by atoms with Gasteiger partial charge in [0, 0.05) is 15.1 Å². The van der Waals surface area contributed by atoms with E-state index in [0.717, 1.165) is 10.1 Å². The normalized spacial score (nSPS) is 9.67. The van der Waals surface area contributed by atoms with Gasteiger partial charge in [-0.15, -0.1) is 0 Å². The second kappa shape index (κ2) is 5.13. The van der Waals surface area contributed by atoms with Gasteiger partial charge < -0.3 is 9.07 Å². The fraction of sp³-hybridized carbons (Fsp3) is 0.143. The van der Waals surface area contributed by atoms with Crippen LogP contribution < -0.4 is 0 Å². The first-order chi connectivity index (χ1) is 5.65. The van der Waals surface area contributed by atoms with Crippen LogP contribution in [0.4, 0.5) is 0 Å². The van der Waals surface area contributed by atoms with Crippen LogP contribution in [0.2, 0.25) is 15.1 Å². The number of halogens is 4. The molecule has 0 heterocycles. The van der Waals surface area contributed by atoms with Gasteiger partial charge >= 0.3 is 19.3 Å². The molecule has 0 spiro atoms. The zero-order chi connectivity index (χ0) is 9.14. The van der Waals surface area contributed by atoms with Gasteiger partial charge in [-0.25, -0.2) is 0 Å². The van der Waals surface area contributed by atoms with Crippen LogP contribution in [0.5, 0.6) is 0 Å². The maximum Gasteiger partial charge on any atom is 0.505 e. The van der Waals surface area contributed by atoms with Gasteiger partial charge in [0.15, 0.2) is 0 Å². The summed E-state index contributed by atoms with van der Waals surface area (Å²) in [6.07, 6.45) is 0. The van der Waals surface area contributed by atoms with Gasteiger partial charge in [0.1, 0.15) is 0 Å². The molecule has 0 aliphatic rings. The molecule has 0 aromatic heterocycles. The first-order valence-corrected chi connectivity index (χ1v) is 7.61. The van der Waals surface area contributed by atoms with Crippen molar-refractivity contribution >= 4 is 63.1 Å². The molecule has 0 aliphatic carbocycles. The zero-order valence-electron chi connectivity index (χ0n) is 6.08. The van der Waals surface area contributed by atoms with E-state index in [1.54, 1.807) is 12.1 Å². The monoisotopic (exact) mass is 252 g/mol. The highest BCUT2D eigenvalue weighted by molar-refractivity contribution is 6.93. The minimum Gasteiger partial charge on any atom is -0.345 e. The van der Waals surface area contributed by atoms with E-state index in [1.165, 1.54) is 0 Å². The van der Waals surface area contributed by atoms with E-state index in [1.807, 2.05) is 0 Å². The van der Waals surface area contributed by atoms with Gasteiger partial charge in [-0.05, 0) is 17.7 Å². The Morgan fingerprint density at radius 1 is 1.08 bits per heavy atom. The molecular formula is C7H4Cl4Mg. The van der Waals surface area contributed by atoms with Gasteiger partial charge in [0.05, 0.1) is 0 Å². The largest absolute Gasteiger partial charge is 0.505 e. The standard InChI is InChI=1S/C7H4Cl3.ClH.Mg/c1-4-6(9)2-5(8)3-7(4)10;;/h2-3H,1H2;1H;/q;;+1/p-1. The topological polar surface area (TPSA) is 0 Å². The minimum atomic E-state index is -0.579. The maximum atomic E-state index is 5.91. The number of hydrogen-bond donors (Lipinski definition) is 0. The lowest BCUT2D eigenvalue weighted by Crippen LogP contribution is -1.91. The molecule has 12 heavy (non-hydrogen) atoms. The number of benzene rings is 1. The summed E-state index contributed by atoms with van der Waals surface area (Å²) in [6.45, 7) is 0. The van der Waals surface area contributed by atoms with Crippen molar-refractivity contribution < 1.29 is 0 Å². The average molecular weight is 254 g/mol. The Labute approximate surface area is 99.6 Å². The summed E-state index contributed by atoms with van der Waals surface area (Å²) in [5, 5.41) is 1.78. The van der Waals surface area contributed by atoms with Gasteiger partial charge in [0.25, 0.3) is 0 Å². The third-order valence-electron chi connectivity index (χ3n) is 1.45. The molecule has 1 aromatic carbocycles. The van der Waals surface area contributed by atoms with Crippen LogP contribution in [-0.4, -0.2) is 19.3 Å². The first-order valence-electron chi connectivity index (χ1n) is 3.34. The van der Waals surface area contributed by atoms with Gasteiger partial charge in [-0.1, -0.05) is 39.4 Å². The summed E-state index contributed by atoms with van der Waals surface area (Å²) >= 11 is 17.0. The van der Waals surface area contributed by atoms with Gasteiger partial charge in [-0.2, -0.15) is 0 Å². The second-order valence-corrected chi connectivity index (χ2v) is 5.55. The van der Waals surface area contributed by atoms with Crippen molar-refractivity contribution in [3.05, 3.63) is 32.8 Å². The predicted octanol–water partition coefficient (Wildman–Crippen LogP) is 4.00. The molecule has 5 heteroatoms. The van der Waals surface area contributed by atoms with E-state index in [4.69, 9.17) is 43.9 Å². The van der Waals surface area contributed by atoms with E-state index in [2.05, 4.69) is 0 Å². The fourth-order valence-corrected chi connectivity index (χ4v) is 3.52. The highest BCUT2D eigenvalue weighted by atomic mass is 35.5. The molecule has 0 bridgehead atoms. The molecule has 0 amide bonds. The molecule has 0 fully saturated rings. The summed E-state index contributed by atoms with van der Waals surface area (Å²) in [5.41, 5.74) is 0.921. The highest BCUT2D eigenvalue weighted by Crippen LogP contribution is 2.29. The number of hydrogen-bond acceptors (Lipinski definition) is 0. The number of rotatable bonds is 2. The van der Waals surface area contributed by atoms with E-state index in [0.29, 0.717) is 15.1 Å². The maximum absolute atomic E-state index is 5.91. The molecule has 0 aliphatic heterocycles. The van der Waals surface area contributed by atoms with Crippen molar-refractivity contribution in [3.63, 3.8) is 0 Å². The summed E-state index contributed by atoms with van der Waals surface area (Å²) in [5.74, 6) is 0. The summed E-state index contributed by atoms with van der Waals surface area (Å²) < 4.78 is 0.802. The fourth-order valence-electron chi connectivity index (χ4n) is 0.905. The second-order valence-electron chi connectivity index (χ2n) is 2.29. The van der Waals surface area contributed by atoms with Crippen LogP contribution in [0, 0.1) is 0 Å². The van der Waals surface area contributed by atoms with Crippen LogP contribution in [0.25, 0.3) is 0 Å². The lowest BCUT2D eigenvalue weighted by molar-refractivity contribution is 1.40. The third-order valence-corrected chi connectivity index (χ3v) is 3.60. The van der Waals surface area contributed by atoms with Crippen molar-refractivity contribution in [2.24, 2.45) is 0 Å². The average Bonchev–Trinajstić information content (AvgIpc) is 1.96. The molecule has 0 nitrogen and oxygen atoms in total. The molecule has 0 saturated heterocycles. The summed E-state index contributed by atoms with van der Waals surface area (Å²) in [4.78, 5) is 0.